The van der Waals surface area contributed by atoms with Crippen LogP contribution < -0.4 is 10.5 Å². The van der Waals surface area contributed by atoms with Crippen LogP contribution in [0.2, 0.25) is 0 Å². The Labute approximate surface area is 116 Å². The summed E-state index contributed by atoms with van der Waals surface area (Å²) in [6.07, 6.45) is 0. The standard InChI is InChI=1S/C16H13F2NO/c17-14-4-1-5-15(10-14)20-11-12-6-7-16(18)13(9-12)3-2-8-19/h1,4-7,9-10H,8,11,19H2. The molecule has 2 N–H and O–H groups in total. The van der Waals surface area contributed by atoms with E-state index in [-0.39, 0.29) is 24.5 Å². The van der Waals surface area contributed by atoms with Crippen LogP contribution in [0.25, 0.3) is 0 Å². The van der Waals surface area contributed by atoms with Gasteiger partial charge in [0.25, 0.3) is 0 Å². The average molecular weight is 273 g/mol. The lowest BCUT2D eigenvalue weighted by Gasteiger charge is -2.07. The summed E-state index contributed by atoms with van der Waals surface area (Å²) >= 11 is 0. The summed E-state index contributed by atoms with van der Waals surface area (Å²) in [5, 5.41) is 0. The molecule has 0 aliphatic carbocycles. The lowest BCUT2D eigenvalue weighted by atomic mass is 10.1. The van der Waals surface area contributed by atoms with Gasteiger partial charge in [-0.1, -0.05) is 24.0 Å². The first kappa shape index (κ1) is 14.0. The zero-order valence-corrected chi connectivity index (χ0v) is 10.7. The number of ether oxygens (including phenoxy) is 1. The van der Waals surface area contributed by atoms with Gasteiger partial charge in [0.15, 0.2) is 0 Å². The molecule has 2 aromatic carbocycles. The molecule has 2 rings (SSSR count). The smallest absolute Gasteiger partial charge is 0.138 e. The van der Waals surface area contributed by atoms with Gasteiger partial charge in [0.05, 0.1) is 12.1 Å². The third-order valence-corrected chi connectivity index (χ3v) is 2.56. The number of hydrogen-bond acceptors (Lipinski definition) is 2. The molecule has 0 aliphatic rings. The topological polar surface area (TPSA) is 35.2 Å². The van der Waals surface area contributed by atoms with Crippen LogP contribution in [0.4, 0.5) is 8.78 Å². The fourth-order valence-electron chi connectivity index (χ4n) is 1.63. The molecule has 102 valence electrons. The van der Waals surface area contributed by atoms with Crippen molar-refractivity contribution in [2.75, 3.05) is 6.54 Å². The summed E-state index contributed by atoms with van der Waals surface area (Å²) < 4.78 is 31.9. The van der Waals surface area contributed by atoms with Crippen molar-refractivity contribution in [3.05, 3.63) is 65.2 Å². The maximum Gasteiger partial charge on any atom is 0.138 e. The van der Waals surface area contributed by atoms with E-state index in [4.69, 9.17) is 10.5 Å². The van der Waals surface area contributed by atoms with Gasteiger partial charge in [0, 0.05) is 6.07 Å². The first-order valence-electron chi connectivity index (χ1n) is 6.05. The number of nitrogens with two attached hydrogens (primary N) is 1. The maximum atomic E-state index is 13.5. The molecule has 4 heteroatoms. The van der Waals surface area contributed by atoms with Crippen molar-refractivity contribution in [1.29, 1.82) is 0 Å². The molecule has 0 bridgehead atoms. The highest BCUT2D eigenvalue weighted by Crippen LogP contribution is 2.15. The highest BCUT2D eigenvalue weighted by molar-refractivity contribution is 5.38. The minimum Gasteiger partial charge on any atom is -0.489 e. The molecule has 0 saturated carbocycles. The van der Waals surface area contributed by atoms with E-state index < -0.39 is 5.82 Å². The summed E-state index contributed by atoms with van der Waals surface area (Å²) in [6.45, 7) is 0.379. The van der Waals surface area contributed by atoms with Gasteiger partial charge >= 0.3 is 0 Å². The Bertz CT molecular complexity index is 659. The van der Waals surface area contributed by atoms with E-state index in [0.717, 1.165) is 5.56 Å². The second-order valence-electron chi connectivity index (χ2n) is 4.07. The van der Waals surface area contributed by atoms with Crippen molar-refractivity contribution in [2.24, 2.45) is 5.73 Å². The molecular formula is C16H13F2NO. The molecule has 0 aliphatic heterocycles. The quantitative estimate of drug-likeness (QED) is 0.873. The van der Waals surface area contributed by atoms with E-state index in [2.05, 4.69) is 11.8 Å². The largest absolute Gasteiger partial charge is 0.489 e. The summed E-state index contributed by atoms with van der Waals surface area (Å²) in [4.78, 5) is 0. The second-order valence-corrected chi connectivity index (χ2v) is 4.07. The summed E-state index contributed by atoms with van der Waals surface area (Å²) in [7, 11) is 0. The van der Waals surface area contributed by atoms with Crippen LogP contribution >= 0.6 is 0 Å². The number of benzene rings is 2. The predicted octanol–water partition coefficient (Wildman–Crippen LogP) is 2.85. The third-order valence-electron chi connectivity index (χ3n) is 2.56. The van der Waals surface area contributed by atoms with E-state index in [1.54, 1.807) is 24.3 Å². The number of hydrogen-bond donors (Lipinski definition) is 1. The van der Waals surface area contributed by atoms with Gasteiger partial charge in [-0.25, -0.2) is 8.78 Å². The highest BCUT2D eigenvalue weighted by atomic mass is 19.1. The molecule has 0 aromatic heterocycles. The molecule has 2 nitrogen and oxygen atoms in total. The summed E-state index contributed by atoms with van der Waals surface area (Å²) in [5.74, 6) is 4.91. The maximum absolute atomic E-state index is 13.5. The molecule has 0 heterocycles. The van der Waals surface area contributed by atoms with Gasteiger partial charge in [0.2, 0.25) is 0 Å². The third kappa shape index (κ3) is 3.81. The fraction of sp³-hybridized carbons (Fsp3) is 0.125. The normalized spacial score (nSPS) is 9.75. The van der Waals surface area contributed by atoms with Crippen LogP contribution in [-0.4, -0.2) is 6.54 Å². The molecule has 0 fully saturated rings. The van der Waals surface area contributed by atoms with Crippen molar-refractivity contribution in [2.45, 2.75) is 6.61 Å². The van der Waals surface area contributed by atoms with Crippen molar-refractivity contribution in [3.63, 3.8) is 0 Å². The van der Waals surface area contributed by atoms with Crippen LogP contribution in [0, 0.1) is 23.5 Å². The van der Waals surface area contributed by atoms with Crippen molar-refractivity contribution in [1.82, 2.24) is 0 Å². The van der Waals surface area contributed by atoms with Crippen LogP contribution in [0.5, 0.6) is 5.75 Å². The Kier molecular flexibility index (Phi) is 4.70. The van der Waals surface area contributed by atoms with Gasteiger partial charge in [0.1, 0.15) is 24.0 Å². The van der Waals surface area contributed by atoms with Gasteiger partial charge in [-0.3, -0.25) is 0 Å². The minimum atomic E-state index is -0.402. The second kappa shape index (κ2) is 6.69. The summed E-state index contributed by atoms with van der Waals surface area (Å²) in [5.41, 5.74) is 6.28. The molecule has 0 atom stereocenters. The Hall–Kier alpha value is -2.38. The zero-order chi connectivity index (χ0) is 14.4. The average Bonchev–Trinajstić information content (AvgIpc) is 2.45. The number of rotatable bonds is 3. The van der Waals surface area contributed by atoms with Crippen LogP contribution in [0.15, 0.2) is 42.5 Å². The van der Waals surface area contributed by atoms with E-state index in [1.807, 2.05) is 0 Å². The Morgan fingerprint density at radius 2 is 1.95 bits per heavy atom. The van der Waals surface area contributed by atoms with Crippen LogP contribution in [-0.2, 0) is 6.61 Å². The van der Waals surface area contributed by atoms with Gasteiger partial charge in [-0.05, 0) is 29.8 Å². The molecule has 0 radical (unpaired) electrons. The van der Waals surface area contributed by atoms with E-state index in [0.29, 0.717) is 5.75 Å². The van der Waals surface area contributed by atoms with Gasteiger partial charge in [-0.15, -0.1) is 0 Å². The van der Waals surface area contributed by atoms with Crippen molar-refractivity contribution >= 4 is 0 Å². The molecule has 0 spiro atoms. The van der Waals surface area contributed by atoms with Gasteiger partial charge < -0.3 is 10.5 Å². The van der Waals surface area contributed by atoms with E-state index in [1.165, 1.54) is 18.2 Å². The fourth-order valence-corrected chi connectivity index (χ4v) is 1.63. The molecule has 20 heavy (non-hydrogen) atoms. The number of halogens is 2. The zero-order valence-electron chi connectivity index (χ0n) is 10.7. The van der Waals surface area contributed by atoms with Gasteiger partial charge in [-0.2, -0.15) is 0 Å². The minimum absolute atomic E-state index is 0.170. The molecule has 2 aromatic rings. The van der Waals surface area contributed by atoms with Crippen molar-refractivity contribution < 1.29 is 13.5 Å². The first-order valence-corrected chi connectivity index (χ1v) is 6.05. The van der Waals surface area contributed by atoms with E-state index >= 15 is 0 Å². The predicted molar refractivity (Wildman–Crippen MR) is 73.1 cm³/mol. The SMILES string of the molecule is NCC#Cc1cc(COc2cccc(F)c2)ccc1F. The molecular weight excluding hydrogens is 260 g/mol. The lowest BCUT2D eigenvalue weighted by Crippen LogP contribution is -1.98. The van der Waals surface area contributed by atoms with Crippen LogP contribution in [0.1, 0.15) is 11.1 Å². The molecule has 0 saturated heterocycles. The highest BCUT2D eigenvalue weighted by Gasteiger charge is 2.03. The summed E-state index contributed by atoms with van der Waals surface area (Å²) in [6, 6.07) is 10.4. The Morgan fingerprint density at radius 3 is 2.70 bits per heavy atom. The van der Waals surface area contributed by atoms with Crippen molar-refractivity contribution in [3.8, 4) is 17.6 Å². The van der Waals surface area contributed by atoms with Crippen LogP contribution in [0.3, 0.4) is 0 Å². The Morgan fingerprint density at radius 1 is 1.10 bits per heavy atom. The lowest BCUT2D eigenvalue weighted by molar-refractivity contribution is 0.304. The monoisotopic (exact) mass is 273 g/mol. The Balaban J connectivity index is 2.10. The molecule has 0 unspecified atom stereocenters. The first-order chi connectivity index (χ1) is 9.69. The molecule has 0 amide bonds. The van der Waals surface area contributed by atoms with E-state index in [9.17, 15) is 8.78 Å².